The Morgan fingerprint density at radius 3 is 2.79 bits per heavy atom. The number of piperidine rings is 1. The molecule has 1 saturated heterocycles. The number of hydrogen-bond acceptors (Lipinski definition) is 3. The molecule has 0 aromatic carbocycles. The van der Waals surface area contributed by atoms with Crippen molar-refractivity contribution in [3.05, 3.63) is 18.0 Å². The molecule has 1 aliphatic heterocycles. The van der Waals surface area contributed by atoms with E-state index in [0.717, 1.165) is 44.0 Å². The summed E-state index contributed by atoms with van der Waals surface area (Å²) in [4.78, 5) is 14.2. The Morgan fingerprint density at radius 1 is 1.47 bits per heavy atom. The van der Waals surface area contributed by atoms with Crippen LogP contribution in [0.15, 0.2) is 12.4 Å². The smallest absolute Gasteiger partial charge is 0.227 e. The van der Waals surface area contributed by atoms with Crippen LogP contribution >= 0.6 is 0 Å². The molecule has 2 heterocycles. The van der Waals surface area contributed by atoms with E-state index < -0.39 is 0 Å². The lowest BCUT2D eigenvalue weighted by atomic mass is 9.93. The quantitative estimate of drug-likeness (QED) is 0.856. The highest BCUT2D eigenvalue weighted by Gasteiger charge is 2.22. The maximum atomic E-state index is 12.2. The molecule has 0 aliphatic carbocycles. The molecule has 5 nitrogen and oxygen atoms in total. The summed E-state index contributed by atoms with van der Waals surface area (Å²) in [6.07, 6.45) is 7.67. The Kier molecular flexibility index (Phi) is 4.96. The summed E-state index contributed by atoms with van der Waals surface area (Å²) in [7, 11) is 3.87. The summed E-state index contributed by atoms with van der Waals surface area (Å²) in [5.74, 6) is 1.01. The fourth-order valence-corrected chi connectivity index (χ4v) is 2.67. The number of nitrogens with zero attached hydrogens (tertiary/aromatic N) is 3. The van der Waals surface area contributed by atoms with Gasteiger partial charge in [-0.1, -0.05) is 0 Å². The van der Waals surface area contributed by atoms with Crippen LogP contribution in [0.3, 0.4) is 0 Å². The molecule has 1 N–H and O–H groups in total. The van der Waals surface area contributed by atoms with E-state index in [1.54, 1.807) is 10.9 Å². The summed E-state index contributed by atoms with van der Waals surface area (Å²) < 4.78 is 1.74. The molecule has 0 unspecified atom stereocenters. The average molecular weight is 264 g/mol. The Hall–Kier alpha value is -1.36. The molecule has 0 radical (unpaired) electrons. The van der Waals surface area contributed by atoms with Gasteiger partial charge in [-0.15, -0.1) is 0 Å². The van der Waals surface area contributed by atoms with Crippen LogP contribution in [0.2, 0.25) is 0 Å². The normalized spacial score (nSPS) is 16.8. The van der Waals surface area contributed by atoms with Crippen molar-refractivity contribution in [2.24, 2.45) is 13.0 Å². The highest BCUT2D eigenvalue weighted by Crippen LogP contribution is 2.20. The SMILES string of the molecule is CNCCC1CCN(C(=O)Cc2cnn(C)c2)CC1. The van der Waals surface area contributed by atoms with Crippen LogP contribution in [0.5, 0.6) is 0 Å². The Balaban J connectivity index is 1.76. The number of likely N-dealkylation sites (tertiary alicyclic amines) is 1. The lowest BCUT2D eigenvalue weighted by Crippen LogP contribution is -2.39. The molecule has 0 bridgehead atoms. The van der Waals surface area contributed by atoms with Gasteiger partial charge in [0.2, 0.25) is 5.91 Å². The third-order valence-corrected chi connectivity index (χ3v) is 3.88. The van der Waals surface area contributed by atoms with Crippen LogP contribution in [0.25, 0.3) is 0 Å². The van der Waals surface area contributed by atoms with Gasteiger partial charge < -0.3 is 10.2 Å². The number of aryl methyl sites for hydroxylation is 1. The van der Waals surface area contributed by atoms with Crippen molar-refractivity contribution in [1.82, 2.24) is 20.0 Å². The van der Waals surface area contributed by atoms with E-state index in [2.05, 4.69) is 10.4 Å². The molecule has 1 aliphatic rings. The van der Waals surface area contributed by atoms with E-state index in [1.165, 1.54) is 6.42 Å². The van der Waals surface area contributed by atoms with E-state index >= 15 is 0 Å². The van der Waals surface area contributed by atoms with Gasteiger partial charge in [0.1, 0.15) is 0 Å². The summed E-state index contributed by atoms with van der Waals surface area (Å²) in [5, 5.41) is 7.29. The van der Waals surface area contributed by atoms with Crippen LogP contribution < -0.4 is 5.32 Å². The van der Waals surface area contributed by atoms with E-state index in [9.17, 15) is 4.79 Å². The van der Waals surface area contributed by atoms with Crippen molar-refractivity contribution in [2.75, 3.05) is 26.7 Å². The summed E-state index contributed by atoms with van der Waals surface area (Å²) in [5.41, 5.74) is 1.00. The highest BCUT2D eigenvalue weighted by atomic mass is 16.2. The summed E-state index contributed by atoms with van der Waals surface area (Å²) >= 11 is 0. The zero-order valence-corrected chi connectivity index (χ0v) is 11.9. The third-order valence-electron chi connectivity index (χ3n) is 3.88. The van der Waals surface area contributed by atoms with Crippen molar-refractivity contribution < 1.29 is 4.79 Å². The van der Waals surface area contributed by atoms with Crippen LogP contribution in [0, 0.1) is 5.92 Å². The van der Waals surface area contributed by atoms with Gasteiger partial charge >= 0.3 is 0 Å². The number of carbonyl (C=O) groups excluding carboxylic acids is 1. The first kappa shape index (κ1) is 14.1. The van der Waals surface area contributed by atoms with Crippen molar-refractivity contribution in [1.29, 1.82) is 0 Å². The zero-order valence-electron chi connectivity index (χ0n) is 11.9. The third kappa shape index (κ3) is 4.06. The van der Waals surface area contributed by atoms with Crippen LogP contribution in [0.1, 0.15) is 24.8 Å². The predicted octanol–water partition coefficient (Wildman–Crippen LogP) is 0.811. The molecule has 5 heteroatoms. The molecule has 1 amide bonds. The van der Waals surface area contributed by atoms with Crippen LogP contribution in [-0.4, -0.2) is 47.3 Å². The van der Waals surface area contributed by atoms with Gasteiger partial charge in [-0.05, 0) is 44.3 Å². The van der Waals surface area contributed by atoms with Gasteiger partial charge in [0, 0.05) is 26.3 Å². The highest BCUT2D eigenvalue weighted by molar-refractivity contribution is 5.78. The van der Waals surface area contributed by atoms with Gasteiger partial charge in [0.15, 0.2) is 0 Å². The minimum Gasteiger partial charge on any atom is -0.342 e. The van der Waals surface area contributed by atoms with Crippen molar-refractivity contribution in [3.8, 4) is 0 Å². The van der Waals surface area contributed by atoms with E-state index in [4.69, 9.17) is 0 Å². The molecule has 1 fully saturated rings. The predicted molar refractivity (Wildman–Crippen MR) is 74.8 cm³/mol. The molecule has 2 rings (SSSR count). The minimum absolute atomic E-state index is 0.236. The Bertz CT molecular complexity index is 407. The standard InChI is InChI=1S/C14H24N4O/c1-15-6-3-12-4-7-18(8-5-12)14(19)9-13-10-16-17(2)11-13/h10-12,15H,3-9H2,1-2H3. The maximum absolute atomic E-state index is 12.2. The van der Waals surface area contributed by atoms with Gasteiger partial charge in [-0.2, -0.15) is 5.10 Å². The first-order valence-electron chi connectivity index (χ1n) is 7.09. The second-order valence-corrected chi connectivity index (χ2v) is 5.42. The second-order valence-electron chi connectivity index (χ2n) is 5.42. The van der Waals surface area contributed by atoms with Crippen LogP contribution in [0.4, 0.5) is 0 Å². The topological polar surface area (TPSA) is 50.2 Å². The van der Waals surface area contributed by atoms with E-state index in [-0.39, 0.29) is 5.91 Å². The molecule has 0 atom stereocenters. The van der Waals surface area contributed by atoms with Gasteiger partial charge in [-0.25, -0.2) is 0 Å². The minimum atomic E-state index is 0.236. The molecule has 0 saturated carbocycles. The molecular weight excluding hydrogens is 240 g/mol. The van der Waals surface area contributed by atoms with Crippen molar-refractivity contribution in [3.63, 3.8) is 0 Å². The summed E-state index contributed by atoms with van der Waals surface area (Å²) in [6, 6.07) is 0. The number of amides is 1. The number of carbonyl (C=O) groups is 1. The lowest BCUT2D eigenvalue weighted by molar-refractivity contribution is -0.131. The van der Waals surface area contributed by atoms with Crippen LogP contribution in [-0.2, 0) is 18.3 Å². The largest absolute Gasteiger partial charge is 0.342 e. The monoisotopic (exact) mass is 264 g/mol. The molecular formula is C14H24N4O. The van der Waals surface area contributed by atoms with Gasteiger partial charge in [0.05, 0.1) is 12.6 Å². The number of nitrogens with one attached hydrogen (secondary N) is 1. The second kappa shape index (κ2) is 6.70. The zero-order chi connectivity index (χ0) is 13.7. The number of aromatic nitrogens is 2. The summed E-state index contributed by atoms with van der Waals surface area (Å²) in [6.45, 7) is 2.90. The maximum Gasteiger partial charge on any atom is 0.227 e. The average Bonchev–Trinajstić information content (AvgIpc) is 2.82. The fourth-order valence-electron chi connectivity index (χ4n) is 2.67. The van der Waals surface area contributed by atoms with Gasteiger partial charge in [-0.3, -0.25) is 9.48 Å². The molecule has 19 heavy (non-hydrogen) atoms. The van der Waals surface area contributed by atoms with Crippen molar-refractivity contribution >= 4 is 5.91 Å². The fraction of sp³-hybridized carbons (Fsp3) is 0.714. The molecule has 1 aromatic rings. The molecule has 106 valence electrons. The first-order valence-corrected chi connectivity index (χ1v) is 7.09. The number of hydrogen-bond donors (Lipinski definition) is 1. The van der Waals surface area contributed by atoms with E-state index in [0.29, 0.717) is 6.42 Å². The van der Waals surface area contributed by atoms with Crippen molar-refractivity contribution in [2.45, 2.75) is 25.7 Å². The Morgan fingerprint density at radius 2 is 2.21 bits per heavy atom. The molecule has 0 spiro atoms. The number of rotatable bonds is 5. The lowest BCUT2D eigenvalue weighted by Gasteiger charge is -2.32. The van der Waals surface area contributed by atoms with Gasteiger partial charge in [0.25, 0.3) is 0 Å². The molecule has 1 aromatic heterocycles. The Labute approximate surface area is 115 Å². The first-order chi connectivity index (χ1) is 9.19. The van der Waals surface area contributed by atoms with E-state index in [1.807, 2.05) is 25.2 Å².